The quantitative estimate of drug-likeness (QED) is 0.713. The van der Waals surface area contributed by atoms with Crippen LogP contribution in [0.15, 0.2) is 42.5 Å². The smallest absolute Gasteiger partial charge is 0.259 e. The molecule has 0 heterocycles. The first-order chi connectivity index (χ1) is 9.10. The van der Waals surface area contributed by atoms with E-state index in [1.807, 2.05) is 6.07 Å². The third kappa shape index (κ3) is 2.82. The van der Waals surface area contributed by atoms with Crippen LogP contribution < -0.4 is 11.1 Å². The second-order valence-electron chi connectivity index (χ2n) is 3.92. The van der Waals surface area contributed by atoms with Crippen molar-refractivity contribution in [2.45, 2.75) is 0 Å². The topological polar surface area (TPSA) is 99.1 Å². The van der Waals surface area contributed by atoms with E-state index in [9.17, 15) is 9.90 Å². The minimum Gasteiger partial charge on any atom is -0.507 e. The summed E-state index contributed by atoms with van der Waals surface area (Å²) in [7, 11) is 0. The highest BCUT2D eigenvalue weighted by Crippen LogP contribution is 2.21. The number of nitriles is 1. The standard InChI is InChI=1S/C14H11N3O2/c15-8-9-2-1-3-11(6-9)17-14(19)12-5-4-10(16)7-13(12)18/h1-7,18H,16H2,(H,17,19). The van der Waals surface area contributed by atoms with Crippen LogP contribution in [0.3, 0.4) is 0 Å². The first-order valence-electron chi connectivity index (χ1n) is 5.50. The third-order valence-electron chi connectivity index (χ3n) is 2.52. The molecule has 0 bridgehead atoms. The summed E-state index contributed by atoms with van der Waals surface area (Å²) in [4.78, 5) is 12.0. The van der Waals surface area contributed by atoms with Crippen molar-refractivity contribution in [3.8, 4) is 11.8 Å². The molecule has 2 aromatic carbocycles. The van der Waals surface area contributed by atoms with Gasteiger partial charge in [0.1, 0.15) is 5.75 Å². The lowest BCUT2D eigenvalue weighted by molar-refractivity contribution is 0.102. The second-order valence-corrected chi connectivity index (χ2v) is 3.92. The zero-order chi connectivity index (χ0) is 13.8. The number of anilines is 2. The van der Waals surface area contributed by atoms with Crippen LogP contribution in [-0.4, -0.2) is 11.0 Å². The fraction of sp³-hybridized carbons (Fsp3) is 0. The van der Waals surface area contributed by atoms with Gasteiger partial charge < -0.3 is 16.2 Å². The number of benzene rings is 2. The maximum Gasteiger partial charge on any atom is 0.259 e. The molecule has 94 valence electrons. The summed E-state index contributed by atoms with van der Waals surface area (Å²) in [6, 6.07) is 12.8. The highest BCUT2D eigenvalue weighted by atomic mass is 16.3. The Kier molecular flexibility index (Phi) is 3.35. The molecule has 0 atom stereocenters. The first-order valence-corrected chi connectivity index (χ1v) is 5.50. The molecule has 0 aliphatic rings. The van der Waals surface area contributed by atoms with Gasteiger partial charge in [0.05, 0.1) is 17.2 Å². The zero-order valence-corrected chi connectivity index (χ0v) is 9.92. The summed E-state index contributed by atoms with van der Waals surface area (Å²) in [6.07, 6.45) is 0. The molecule has 0 fully saturated rings. The number of hydrogen-bond donors (Lipinski definition) is 3. The average Bonchev–Trinajstić information content (AvgIpc) is 2.38. The Balaban J connectivity index is 2.23. The van der Waals surface area contributed by atoms with Crippen molar-refractivity contribution >= 4 is 17.3 Å². The van der Waals surface area contributed by atoms with E-state index in [2.05, 4.69) is 5.32 Å². The molecule has 0 spiro atoms. The van der Waals surface area contributed by atoms with E-state index in [0.717, 1.165) is 0 Å². The van der Waals surface area contributed by atoms with Gasteiger partial charge in [-0.1, -0.05) is 6.07 Å². The molecule has 0 saturated carbocycles. The summed E-state index contributed by atoms with van der Waals surface area (Å²) in [5.41, 5.74) is 6.92. The van der Waals surface area contributed by atoms with Crippen molar-refractivity contribution in [3.05, 3.63) is 53.6 Å². The second kappa shape index (κ2) is 5.10. The lowest BCUT2D eigenvalue weighted by Gasteiger charge is -2.07. The Morgan fingerprint density at radius 3 is 2.74 bits per heavy atom. The van der Waals surface area contributed by atoms with E-state index in [0.29, 0.717) is 16.9 Å². The van der Waals surface area contributed by atoms with Crippen molar-refractivity contribution < 1.29 is 9.90 Å². The SMILES string of the molecule is N#Cc1cccc(NC(=O)c2ccc(N)cc2O)c1. The molecule has 4 N–H and O–H groups in total. The molecule has 19 heavy (non-hydrogen) atoms. The van der Waals surface area contributed by atoms with Gasteiger partial charge in [-0.25, -0.2) is 0 Å². The molecule has 1 amide bonds. The fourth-order valence-corrected chi connectivity index (χ4v) is 1.61. The number of nitrogen functional groups attached to an aromatic ring is 1. The summed E-state index contributed by atoms with van der Waals surface area (Å²) in [5.74, 6) is -0.651. The Morgan fingerprint density at radius 1 is 1.26 bits per heavy atom. The Labute approximate surface area is 109 Å². The number of hydrogen-bond acceptors (Lipinski definition) is 4. The van der Waals surface area contributed by atoms with E-state index >= 15 is 0 Å². The molecule has 5 heteroatoms. The highest BCUT2D eigenvalue weighted by Gasteiger charge is 2.11. The summed E-state index contributed by atoms with van der Waals surface area (Å²) >= 11 is 0. The van der Waals surface area contributed by atoms with Gasteiger partial charge in [0.15, 0.2) is 0 Å². The van der Waals surface area contributed by atoms with Gasteiger partial charge in [0, 0.05) is 17.4 Å². The number of rotatable bonds is 2. The monoisotopic (exact) mass is 253 g/mol. The van der Waals surface area contributed by atoms with Crippen LogP contribution in [0.25, 0.3) is 0 Å². The summed E-state index contributed by atoms with van der Waals surface area (Å²) < 4.78 is 0. The lowest BCUT2D eigenvalue weighted by Crippen LogP contribution is -2.12. The Bertz CT molecular complexity index is 675. The molecule has 0 aliphatic carbocycles. The normalized spacial score (nSPS) is 9.63. The molecular weight excluding hydrogens is 242 g/mol. The van der Waals surface area contributed by atoms with E-state index in [4.69, 9.17) is 11.0 Å². The van der Waals surface area contributed by atoms with Crippen LogP contribution in [-0.2, 0) is 0 Å². The van der Waals surface area contributed by atoms with Crippen molar-refractivity contribution in [1.29, 1.82) is 5.26 Å². The first kappa shape index (κ1) is 12.5. The maximum atomic E-state index is 12.0. The number of carbonyl (C=O) groups excluding carboxylic acids is 1. The molecule has 0 radical (unpaired) electrons. The van der Waals surface area contributed by atoms with Gasteiger partial charge >= 0.3 is 0 Å². The van der Waals surface area contributed by atoms with E-state index in [1.54, 1.807) is 24.3 Å². The van der Waals surface area contributed by atoms with Crippen molar-refractivity contribution in [1.82, 2.24) is 0 Å². The van der Waals surface area contributed by atoms with Gasteiger partial charge in [-0.2, -0.15) is 5.26 Å². The van der Waals surface area contributed by atoms with Gasteiger partial charge in [-0.3, -0.25) is 4.79 Å². The molecule has 0 saturated heterocycles. The predicted molar refractivity (Wildman–Crippen MR) is 71.6 cm³/mol. The lowest BCUT2D eigenvalue weighted by atomic mass is 10.1. The van der Waals surface area contributed by atoms with E-state index in [1.165, 1.54) is 18.2 Å². The van der Waals surface area contributed by atoms with Crippen molar-refractivity contribution in [3.63, 3.8) is 0 Å². The maximum absolute atomic E-state index is 12.0. The van der Waals surface area contributed by atoms with Crippen LogP contribution in [0.2, 0.25) is 0 Å². The molecule has 2 aromatic rings. The predicted octanol–water partition coefficient (Wildman–Crippen LogP) is 2.10. The Hall–Kier alpha value is -3.00. The van der Waals surface area contributed by atoms with Crippen LogP contribution in [0.1, 0.15) is 15.9 Å². The molecule has 0 unspecified atom stereocenters. The number of nitrogens with two attached hydrogens (primary N) is 1. The van der Waals surface area contributed by atoms with E-state index in [-0.39, 0.29) is 11.3 Å². The van der Waals surface area contributed by atoms with E-state index < -0.39 is 5.91 Å². The fourth-order valence-electron chi connectivity index (χ4n) is 1.61. The van der Waals surface area contributed by atoms with Crippen molar-refractivity contribution in [2.75, 3.05) is 11.1 Å². The number of aromatic hydroxyl groups is 1. The number of nitrogens with zero attached hydrogens (tertiary/aromatic N) is 1. The number of nitrogens with one attached hydrogen (secondary N) is 1. The molecule has 2 rings (SSSR count). The van der Waals surface area contributed by atoms with Crippen molar-refractivity contribution in [2.24, 2.45) is 0 Å². The van der Waals surface area contributed by atoms with Gasteiger partial charge in [0.2, 0.25) is 0 Å². The molecular formula is C14H11N3O2. The minimum absolute atomic E-state index is 0.122. The molecule has 0 aromatic heterocycles. The highest BCUT2D eigenvalue weighted by molar-refractivity contribution is 6.06. The van der Waals surface area contributed by atoms with Crippen LogP contribution in [0, 0.1) is 11.3 Å². The number of amides is 1. The van der Waals surface area contributed by atoms with Gasteiger partial charge in [-0.15, -0.1) is 0 Å². The minimum atomic E-state index is -0.465. The largest absolute Gasteiger partial charge is 0.507 e. The van der Waals surface area contributed by atoms with Crippen LogP contribution in [0.4, 0.5) is 11.4 Å². The van der Waals surface area contributed by atoms with Gasteiger partial charge in [0.25, 0.3) is 5.91 Å². The number of phenolic OH excluding ortho intramolecular Hbond substituents is 1. The van der Waals surface area contributed by atoms with Gasteiger partial charge in [-0.05, 0) is 30.3 Å². The van der Waals surface area contributed by atoms with Crippen LogP contribution in [0.5, 0.6) is 5.75 Å². The molecule has 0 aliphatic heterocycles. The zero-order valence-electron chi connectivity index (χ0n) is 9.92. The third-order valence-corrected chi connectivity index (χ3v) is 2.52. The number of phenols is 1. The Morgan fingerprint density at radius 2 is 2.05 bits per heavy atom. The molecule has 5 nitrogen and oxygen atoms in total. The summed E-state index contributed by atoms with van der Waals surface area (Å²) in [5, 5.41) is 21.0. The van der Waals surface area contributed by atoms with Crippen LogP contribution >= 0.6 is 0 Å². The number of carbonyl (C=O) groups is 1. The summed E-state index contributed by atoms with van der Waals surface area (Å²) in [6.45, 7) is 0. The average molecular weight is 253 g/mol.